The van der Waals surface area contributed by atoms with E-state index in [9.17, 15) is 4.39 Å². The second-order valence-electron chi connectivity index (χ2n) is 4.49. The molecular weight excluding hydrogens is 277 g/mol. The van der Waals surface area contributed by atoms with Crippen LogP contribution >= 0.6 is 11.8 Å². The van der Waals surface area contributed by atoms with Crippen LogP contribution in [-0.4, -0.2) is 17.5 Å². The van der Waals surface area contributed by atoms with Gasteiger partial charge in [0, 0.05) is 6.07 Å². The van der Waals surface area contributed by atoms with Crippen LogP contribution in [0.5, 0.6) is 5.75 Å². The van der Waals surface area contributed by atoms with Crippen LogP contribution in [0, 0.1) is 17.3 Å². The molecule has 106 valence electrons. The van der Waals surface area contributed by atoms with Crippen molar-refractivity contribution in [2.45, 2.75) is 31.8 Å². The molecule has 1 aromatic carbocycles. The van der Waals surface area contributed by atoms with Gasteiger partial charge in [-0.3, -0.25) is 5.32 Å². The molecule has 0 spiro atoms. The van der Waals surface area contributed by atoms with E-state index in [1.807, 2.05) is 6.19 Å². The van der Waals surface area contributed by atoms with Crippen molar-refractivity contribution in [1.29, 1.82) is 5.26 Å². The Morgan fingerprint density at radius 2 is 2.25 bits per heavy atom. The Hall–Kier alpha value is -1.74. The van der Waals surface area contributed by atoms with E-state index in [-0.39, 0.29) is 11.9 Å². The summed E-state index contributed by atoms with van der Waals surface area (Å²) in [5.41, 5.74) is 0.406. The zero-order valence-corrected chi connectivity index (χ0v) is 12.0. The van der Waals surface area contributed by atoms with Crippen molar-refractivity contribution in [3.05, 3.63) is 24.0 Å². The highest BCUT2D eigenvalue weighted by molar-refractivity contribution is 8.13. The van der Waals surface area contributed by atoms with Gasteiger partial charge in [0.15, 0.2) is 11.4 Å². The number of thioether (sulfide) groups is 1. The molecular formula is C14H16FN3OS. The molecule has 1 fully saturated rings. The number of halogens is 1. The number of ether oxygens (including phenoxy) is 1. The van der Waals surface area contributed by atoms with Crippen LogP contribution in [-0.2, 0) is 0 Å². The van der Waals surface area contributed by atoms with Gasteiger partial charge in [-0.25, -0.2) is 9.38 Å². The first-order chi connectivity index (χ1) is 9.72. The molecule has 1 aromatic rings. The third-order valence-electron chi connectivity index (χ3n) is 3.09. The molecule has 4 nitrogen and oxygen atoms in total. The maximum absolute atomic E-state index is 13.4. The molecule has 1 N–H and O–H groups in total. The number of nitriles is 1. The van der Waals surface area contributed by atoms with Crippen molar-refractivity contribution in [2.24, 2.45) is 4.99 Å². The van der Waals surface area contributed by atoms with Crippen LogP contribution in [0.1, 0.15) is 25.7 Å². The van der Waals surface area contributed by atoms with Crippen LogP contribution in [0.25, 0.3) is 0 Å². The average Bonchev–Trinajstić information content (AvgIpc) is 2.94. The van der Waals surface area contributed by atoms with E-state index in [2.05, 4.69) is 10.3 Å². The second-order valence-corrected chi connectivity index (χ2v) is 5.29. The number of hydrogen-bond donors (Lipinski definition) is 1. The van der Waals surface area contributed by atoms with Gasteiger partial charge in [0.25, 0.3) is 0 Å². The third-order valence-corrected chi connectivity index (χ3v) is 3.68. The fraction of sp³-hybridized carbons (Fsp3) is 0.429. The van der Waals surface area contributed by atoms with Gasteiger partial charge in [0.1, 0.15) is 17.3 Å². The van der Waals surface area contributed by atoms with Gasteiger partial charge >= 0.3 is 0 Å². The number of aliphatic imine (C=N–C) groups is 1. The third kappa shape index (κ3) is 3.87. The lowest BCUT2D eigenvalue weighted by atomic mass is 10.2. The minimum atomic E-state index is -0.375. The van der Waals surface area contributed by atoms with Gasteiger partial charge < -0.3 is 4.74 Å². The summed E-state index contributed by atoms with van der Waals surface area (Å²) in [6.45, 7) is 0. The Kier molecular flexibility index (Phi) is 5.24. The Morgan fingerprint density at radius 1 is 1.50 bits per heavy atom. The molecule has 1 saturated carbocycles. The van der Waals surface area contributed by atoms with Crippen LogP contribution in [0.3, 0.4) is 0 Å². The van der Waals surface area contributed by atoms with Gasteiger partial charge in [-0.15, -0.1) is 0 Å². The molecule has 6 heteroatoms. The fourth-order valence-electron chi connectivity index (χ4n) is 2.15. The monoisotopic (exact) mass is 293 g/mol. The highest BCUT2D eigenvalue weighted by Gasteiger charge is 2.18. The molecule has 20 heavy (non-hydrogen) atoms. The first-order valence-electron chi connectivity index (χ1n) is 6.47. The summed E-state index contributed by atoms with van der Waals surface area (Å²) in [6, 6.07) is 4.27. The van der Waals surface area contributed by atoms with Crippen molar-refractivity contribution >= 4 is 22.6 Å². The van der Waals surface area contributed by atoms with Crippen LogP contribution < -0.4 is 10.1 Å². The Labute approximate surface area is 122 Å². The molecule has 0 heterocycles. The highest BCUT2D eigenvalue weighted by atomic mass is 32.2. The zero-order valence-electron chi connectivity index (χ0n) is 11.2. The van der Waals surface area contributed by atoms with Gasteiger partial charge in [-0.2, -0.15) is 5.26 Å². The topological polar surface area (TPSA) is 57.4 Å². The maximum Gasteiger partial charge on any atom is 0.183 e. The Morgan fingerprint density at radius 3 is 2.90 bits per heavy atom. The molecule has 0 atom stereocenters. The molecule has 0 unspecified atom stereocenters. The van der Waals surface area contributed by atoms with Crippen LogP contribution in [0.15, 0.2) is 23.2 Å². The van der Waals surface area contributed by atoms with Crippen LogP contribution in [0.4, 0.5) is 10.1 Å². The van der Waals surface area contributed by atoms with Crippen molar-refractivity contribution in [3.8, 4) is 11.9 Å². The predicted molar refractivity (Wildman–Crippen MR) is 78.6 cm³/mol. The van der Waals surface area contributed by atoms with E-state index in [0.29, 0.717) is 16.6 Å². The molecule has 0 saturated heterocycles. The number of amidine groups is 1. The second kappa shape index (κ2) is 7.15. The summed E-state index contributed by atoms with van der Waals surface area (Å²) in [5.74, 6) is 0.185. The average molecular weight is 293 g/mol. The lowest BCUT2D eigenvalue weighted by Gasteiger charge is -2.15. The summed E-state index contributed by atoms with van der Waals surface area (Å²) in [6.07, 6.45) is 8.15. The Bertz CT molecular complexity index is 536. The molecule has 0 aliphatic heterocycles. The van der Waals surface area contributed by atoms with E-state index in [1.54, 1.807) is 12.3 Å². The first-order valence-corrected chi connectivity index (χ1v) is 7.69. The lowest BCUT2D eigenvalue weighted by Crippen LogP contribution is -2.13. The fourth-order valence-corrected chi connectivity index (χ4v) is 2.48. The molecule has 0 radical (unpaired) electrons. The molecule has 0 aromatic heterocycles. The lowest BCUT2D eigenvalue weighted by molar-refractivity contribution is 0.211. The van der Waals surface area contributed by atoms with Gasteiger partial charge in [0.2, 0.25) is 0 Å². The van der Waals surface area contributed by atoms with Gasteiger partial charge in [0.05, 0.1) is 6.10 Å². The summed E-state index contributed by atoms with van der Waals surface area (Å²) in [5, 5.41) is 11.5. The number of rotatable bonds is 3. The van der Waals surface area contributed by atoms with Crippen molar-refractivity contribution in [2.75, 3.05) is 6.26 Å². The normalized spacial score (nSPS) is 15.9. The molecule has 2 rings (SSSR count). The van der Waals surface area contributed by atoms with Crippen molar-refractivity contribution < 1.29 is 9.13 Å². The van der Waals surface area contributed by atoms with E-state index < -0.39 is 0 Å². The highest BCUT2D eigenvalue weighted by Crippen LogP contribution is 2.33. The number of nitrogens with one attached hydrogen (secondary N) is 1. The first kappa shape index (κ1) is 14.7. The summed E-state index contributed by atoms with van der Waals surface area (Å²) >= 11 is 1.29. The minimum Gasteiger partial charge on any atom is -0.488 e. The number of nitrogens with zero attached hydrogens (tertiary/aromatic N) is 2. The van der Waals surface area contributed by atoms with E-state index >= 15 is 0 Å². The molecule has 1 aliphatic rings. The molecule has 0 bridgehead atoms. The largest absolute Gasteiger partial charge is 0.488 e. The van der Waals surface area contributed by atoms with Crippen LogP contribution in [0.2, 0.25) is 0 Å². The summed E-state index contributed by atoms with van der Waals surface area (Å²) < 4.78 is 19.3. The number of hydrogen-bond acceptors (Lipinski definition) is 4. The smallest absolute Gasteiger partial charge is 0.183 e. The van der Waals surface area contributed by atoms with Gasteiger partial charge in [-0.1, -0.05) is 11.8 Å². The van der Waals surface area contributed by atoms with E-state index in [1.165, 1.54) is 23.9 Å². The summed E-state index contributed by atoms with van der Waals surface area (Å²) in [7, 11) is 0. The Balaban J connectivity index is 2.25. The quantitative estimate of drug-likeness (QED) is 0.400. The number of benzene rings is 1. The zero-order chi connectivity index (χ0) is 14.4. The van der Waals surface area contributed by atoms with E-state index in [4.69, 9.17) is 10.00 Å². The maximum atomic E-state index is 13.4. The molecule has 0 amide bonds. The molecule has 1 aliphatic carbocycles. The van der Waals surface area contributed by atoms with Gasteiger partial charge in [-0.05, 0) is 44.1 Å². The van der Waals surface area contributed by atoms with Crippen molar-refractivity contribution in [1.82, 2.24) is 5.32 Å². The van der Waals surface area contributed by atoms with Crippen molar-refractivity contribution in [3.63, 3.8) is 0 Å². The predicted octanol–water partition coefficient (Wildman–Crippen LogP) is 3.57. The standard InChI is InChI=1S/C14H16FN3OS/c1-20-14(17-9-16)18-12-8-10(15)6-7-13(12)19-11-4-2-3-5-11/h6-8,11H,2-5H2,1H3,(H,17,18). The summed E-state index contributed by atoms with van der Waals surface area (Å²) in [4.78, 5) is 4.25. The van der Waals surface area contributed by atoms with E-state index in [0.717, 1.165) is 25.7 Å². The SMILES string of the molecule is CSC(=Nc1cc(F)ccc1OC1CCCC1)NC#N. The minimum absolute atomic E-state index is 0.177.